The Morgan fingerprint density at radius 3 is 2.88 bits per heavy atom. The van der Waals surface area contributed by atoms with Crippen molar-refractivity contribution in [2.75, 3.05) is 30.8 Å². The van der Waals surface area contributed by atoms with E-state index in [4.69, 9.17) is 17.3 Å². The van der Waals surface area contributed by atoms with Gasteiger partial charge in [-0.1, -0.05) is 18.5 Å². The molecule has 0 radical (unpaired) electrons. The van der Waals surface area contributed by atoms with Gasteiger partial charge in [-0.25, -0.2) is 4.98 Å². The molecule has 0 atom stereocenters. The van der Waals surface area contributed by atoms with Gasteiger partial charge in [-0.05, 0) is 12.5 Å². The Bertz CT molecular complexity index is 397. The number of amides is 1. The number of carbonyl (C=O) groups is 1. The van der Waals surface area contributed by atoms with Crippen LogP contribution in [0, 0.1) is 0 Å². The van der Waals surface area contributed by atoms with Crippen molar-refractivity contribution in [2.24, 2.45) is 0 Å². The van der Waals surface area contributed by atoms with Crippen LogP contribution < -0.4 is 16.0 Å². The van der Waals surface area contributed by atoms with Gasteiger partial charge in [0.05, 0.1) is 23.5 Å². The smallest absolute Gasteiger partial charge is 0.239 e. The molecular weight excluding hydrogens is 240 g/mol. The predicted molar refractivity (Wildman–Crippen MR) is 70.2 cm³/mol. The fourth-order valence-electron chi connectivity index (χ4n) is 1.46. The predicted octanol–water partition coefficient (Wildman–Crippen LogP) is 1.28. The Morgan fingerprint density at radius 2 is 2.35 bits per heavy atom. The topological polar surface area (TPSA) is 71.2 Å². The van der Waals surface area contributed by atoms with Crippen LogP contribution >= 0.6 is 11.6 Å². The molecule has 1 amide bonds. The molecule has 0 aliphatic carbocycles. The van der Waals surface area contributed by atoms with Gasteiger partial charge in [0.2, 0.25) is 5.91 Å². The molecular formula is C11H17ClN4O. The van der Waals surface area contributed by atoms with Crippen LogP contribution in [0.5, 0.6) is 0 Å². The summed E-state index contributed by atoms with van der Waals surface area (Å²) >= 11 is 6.07. The van der Waals surface area contributed by atoms with Crippen LogP contribution in [0.15, 0.2) is 12.3 Å². The van der Waals surface area contributed by atoms with Gasteiger partial charge in [0.25, 0.3) is 0 Å². The molecule has 1 aromatic rings. The second-order valence-corrected chi connectivity index (χ2v) is 4.08. The highest BCUT2D eigenvalue weighted by atomic mass is 35.5. The van der Waals surface area contributed by atoms with E-state index in [9.17, 15) is 4.79 Å². The van der Waals surface area contributed by atoms with Crippen LogP contribution in [0.1, 0.15) is 13.3 Å². The van der Waals surface area contributed by atoms with Gasteiger partial charge in [-0.3, -0.25) is 4.79 Å². The molecule has 3 N–H and O–H groups in total. The third-order valence-corrected chi connectivity index (χ3v) is 2.53. The molecule has 94 valence electrons. The Labute approximate surface area is 106 Å². The van der Waals surface area contributed by atoms with Gasteiger partial charge in [0.1, 0.15) is 5.82 Å². The minimum absolute atomic E-state index is 0.0758. The molecule has 1 heterocycles. The number of pyridine rings is 1. The molecule has 0 fully saturated rings. The number of nitrogens with one attached hydrogen (secondary N) is 1. The van der Waals surface area contributed by atoms with E-state index < -0.39 is 0 Å². The number of hydrogen-bond acceptors (Lipinski definition) is 4. The van der Waals surface area contributed by atoms with Crippen LogP contribution in [0.4, 0.5) is 11.5 Å². The van der Waals surface area contributed by atoms with E-state index in [0.29, 0.717) is 23.1 Å². The normalized spacial score (nSPS) is 10.1. The molecule has 0 saturated carbocycles. The van der Waals surface area contributed by atoms with E-state index in [-0.39, 0.29) is 12.5 Å². The average molecular weight is 257 g/mol. The zero-order valence-corrected chi connectivity index (χ0v) is 10.8. The summed E-state index contributed by atoms with van der Waals surface area (Å²) < 4.78 is 0. The summed E-state index contributed by atoms with van der Waals surface area (Å²) in [5.41, 5.74) is 6.09. The molecule has 1 rings (SSSR count). The largest absolute Gasteiger partial charge is 0.397 e. The van der Waals surface area contributed by atoms with Crippen molar-refractivity contribution in [3.63, 3.8) is 0 Å². The number of aromatic nitrogens is 1. The molecule has 0 unspecified atom stereocenters. The lowest BCUT2D eigenvalue weighted by Gasteiger charge is -2.23. The number of anilines is 2. The van der Waals surface area contributed by atoms with Crippen LogP contribution in [-0.2, 0) is 4.79 Å². The molecule has 0 aliphatic rings. The molecule has 0 bridgehead atoms. The molecule has 17 heavy (non-hydrogen) atoms. The first-order valence-electron chi connectivity index (χ1n) is 5.45. The Morgan fingerprint density at radius 1 is 1.65 bits per heavy atom. The van der Waals surface area contributed by atoms with Crippen LogP contribution in [0.2, 0.25) is 5.02 Å². The van der Waals surface area contributed by atoms with E-state index in [1.54, 1.807) is 13.1 Å². The summed E-state index contributed by atoms with van der Waals surface area (Å²) in [6, 6.07) is 1.64. The van der Waals surface area contributed by atoms with E-state index in [2.05, 4.69) is 10.3 Å². The van der Waals surface area contributed by atoms with Gasteiger partial charge >= 0.3 is 0 Å². The Kier molecular flexibility index (Phi) is 5.03. The van der Waals surface area contributed by atoms with Crippen molar-refractivity contribution in [3.05, 3.63) is 17.3 Å². The van der Waals surface area contributed by atoms with E-state index in [0.717, 1.165) is 6.42 Å². The van der Waals surface area contributed by atoms with Crippen molar-refractivity contribution >= 4 is 29.0 Å². The maximum atomic E-state index is 11.4. The number of carbonyl (C=O) groups excluding carboxylic acids is 1. The van der Waals surface area contributed by atoms with Crippen molar-refractivity contribution < 1.29 is 4.79 Å². The van der Waals surface area contributed by atoms with Gasteiger partial charge in [0.15, 0.2) is 0 Å². The molecule has 5 nitrogen and oxygen atoms in total. The first-order valence-corrected chi connectivity index (χ1v) is 5.82. The highest BCUT2D eigenvalue weighted by Gasteiger charge is 2.14. The minimum Gasteiger partial charge on any atom is -0.397 e. The fourth-order valence-corrected chi connectivity index (χ4v) is 1.75. The van der Waals surface area contributed by atoms with Crippen LogP contribution in [-0.4, -0.2) is 31.0 Å². The van der Waals surface area contributed by atoms with Crippen molar-refractivity contribution in [1.29, 1.82) is 0 Å². The third-order valence-electron chi connectivity index (χ3n) is 2.25. The average Bonchev–Trinajstić information content (AvgIpc) is 2.28. The van der Waals surface area contributed by atoms with Crippen LogP contribution in [0.3, 0.4) is 0 Å². The van der Waals surface area contributed by atoms with Gasteiger partial charge in [0, 0.05) is 13.6 Å². The first kappa shape index (κ1) is 13.6. The highest BCUT2D eigenvalue weighted by Crippen LogP contribution is 2.24. The summed E-state index contributed by atoms with van der Waals surface area (Å²) in [6.07, 6.45) is 2.44. The number of rotatable bonds is 5. The number of nitrogens with two attached hydrogens (primary N) is 1. The lowest BCUT2D eigenvalue weighted by molar-refractivity contribution is -0.119. The van der Waals surface area contributed by atoms with Crippen LogP contribution in [0.25, 0.3) is 0 Å². The minimum atomic E-state index is -0.0758. The zero-order chi connectivity index (χ0) is 12.8. The van der Waals surface area contributed by atoms with Crippen molar-refractivity contribution in [1.82, 2.24) is 10.3 Å². The van der Waals surface area contributed by atoms with Gasteiger partial charge in [-0.2, -0.15) is 0 Å². The Hall–Kier alpha value is -1.49. The summed E-state index contributed by atoms with van der Waals surface area (Å²) in [6.45, 7) is 2.98. The molecule has 0 saturated heterocycles. The zero-order valence-electron chi connectivity index (χ0n) is 10.0. The number of nitrogens with zero attached hydrogens (tertiary/aromatic N) is 2. The second kappa shape index (κ2) is 6.30. The maximum absolute atomic E-state index is 11.4. The number of likely N-dealkylation sites (N-methyl/N-ethyl adjacent to an activating group) is 1. The molecule has 1 aromatic heterocycles. The lowest BCUT2D eigenvalue weighted by Crippen LogP contribution is -2.36. The molecule has 0 aromatic carbocycles. The Balaban J connectivity index is 2.92. The highest BCUT2D eigenvalue weighted by molar-refractivity contribution is 6.33. The van der Waals surface area contributed by atoms with Gasteiger partial charge < -0.3 is 16.0 Å². The molecule has 6 heteroatoms. The lowest BCUT2D eigenvalue weighted by atomic mass is 10.3. The second-order valence-electron chi connectivity index (χ2n) is 3.67. The number of nitrogen functional groups attached to an aromatic ring is 1. The van der Waals surface area contributed by atoms with Crippen molar-refractivity contribution in [3.8, 4) is 0 Å². The van der Waals surface area contributed by atoms with E-state index in [1.165, 1.54) is 6.20 Å². The maximum Gasteiger partial charge on any atom is 0.239 e. The van der Waals surface area contributed by atoms with Crippen molar-refractivity contribution in [2.45, 2.75) is 13.3 Å². The standard InChI is InChI=1S/C11H17ClN4O/c1-3-4-16(7-10(17)14-2)11-9(12)5-8(13)6-15-11/h5-6H,3-4,7,13H2,1-2H3,(H,14,17). The van der Waals surface area contributed by atoms with Gasteiger partial charge in [-0.15, -0.1) is 0 Å². The SMILES string of the molecule is CCCN(CC(=O)NC)c1ncc(N)cc1Cl. The van der Waals surface area contributed by atoms with E-state index >= 15 is 0 Å². The molecule has 0 spiro atoms. The summed E-state index contributed by atoms with van der Waals surface area (Å²) in [7, 11) is 1.60. The fraction of sp³-hybridized carbons (Fsp3) is 0.455. The summed E-state index contributed by atoms with van der Waals surface area (Å²) in [5, 5.41) is 3.04. The molecule has 0 aliphatic heterocycles. The van der Waals surface area contributed by atoms with E-state index in [1.807, 2.05) is 11.8 Å². The number of halogens is 1. The summed E-state index contributed by atoms with van der Waals surface area (Å²) in [5.74, 6) is 0.513. The monoisotopic (exact) mass is 256 g/mol. The summed E-state index contributed by atoms with van der Waals surface area (Å²) in [4.78, 5) is 17.4. The third kappa shape index (κ3) is 3.78. The first-order chi connectivity index (χ1) is 8.08. The quantitative estimate of drug-likeness (QED) is 0.833. The number of hydrogen-bond donors (Lipinski definition) is 2.